The Labute approximate surface area is 410 Å². The fourth-order valence-electron chi connectivity index (χ4n) is 10.8. The molecule has 3 fully saturated rings. The Bertz CT molecular complexity index is 1790. The largest absolute Gasteiger partial charge is 0.479 e. The molecule has 0 spiro atoms. The first-order chi connectivity index (χ1) is 32.3. The highest BCUT2D eigenvalue weighted by molar-refractivity contribution is 5.77. The molecule has 69 heavy (non-hydrogen) atoms. The minimum absolute atomic E-state index is 0.104. The molecule has 0 amide bonds. The maximum atomic E-state index is 14.5. The Morgan fingerprint density at radius 2 is 1.70 bits per heavy atom. The van der Waals surface area contributed by atoms with Gasteiger partial charge in [0.15, 0.2) is 18.7 Å². The lowest BCUT2D eigenvalue weighted by Gasteiger charge is -2.49. The van der Waals surface area contributed by atoms with E-state index in [4.69, 9.17) is 38.0 Å². The maximum absolute atomic E-state index is 14.5. The van der Waals surface area contributed by atoms with Crippen molar-refractivity contribution < 1.29 is 68.3 Å². The molecule has 0 aromatic carbocycles. The molecule has 20 heteroatoms. The number of hydrogen-bond acceptors (Lipinski definition) is 19. The van der Waals surface area contributed by atoms with Crippen LogP contribution in [0.1, 0.15) is 127 Å². The van der Waals surface area contributed by atoms with E-state index in [1.54, 1.807) is 46.2 Å². The lowest BCUT2D eigenvalue weighted by molar-refractivity contribution is -0.318. The molecule has 1 unspecified atom stereocenters. The van der Waals surface area contributed by atoms with Gasteiger partial charge in [-0.3, -0.25) is 4.79 Å². The summed E-state index contributed by atoms with van der Waals surface area (Å²) in [5.74, 6) is -2.17. The van der Waals surface area contributed by atoms with E-state index in [9.17, 15) is 30.3 Å². The first-order valence-corrected chi connectivity index (χ1v) is 25.4. The standard InChI is InChI=1S/C49H88N6O14/c1-15-17-20-63-38-22-35(69-51-38)27-55-26-34(50-52-55)18-19-53(12)36-21-29(4)64-46(40(36)56)68-44-30(5)41(67-39-24-48(10,62-14)43(58)33(8)65-39)31(6)45(59)66-37(16-2)49(11,61)42(57)32(7)54(13)25-28(3)23-47(44,9)60/h26,28-33,35-37,39-44,46,56-58,60-61H,15-25,27H2,1-14H3/t28-,29-,30+,31-,32-,33+,35?,36+,37-,39+,40-,41+,42-,43+,44-,46+,47-,48-,49-/m1/s1. The second-order valence-corrected chi connectivity index (χ2v) is 21.5. The van der Waals surface area contributed by atoms with E-state index in [1.165, 1.54) is 14.0 Å². The summed E-state index contributed by atoms with van der Waals surface area (Å²) in [6.07, 6.45) is -4.20. The van der Waals surface area contributed by atoms with E-state index in [1.807, 2.05) is 46.0 Å². The van der Waals surface area contributed by atoms with E-state index in [-0.39, 0.29) is 37.4 Å². The molecular weight excluding hydrogens is 897 g/mol. The first-order valence-electron chi connectivity index (χ1n) is 25.4. The molecule has 5 N–H and O–H groups in total. The number of hydrogen-bond donors (Lipinski definition) is 5. The third-order valence-corrected chi connectivity index (χ3v) is 15.3. The Hall–Kier alpha value is -2.60. The predicted molar refractivity (Wildman–Crippen MR) is 255 cm³/mol. The lowest BCUT2D eigenvalue weighted by Crippen LogP contribution is -2.61. The van der Waals surface area contributed by atoms with Crippen molar-refractivity contribution >= 4 is 11.9 Å². The van der Waals surface area contributed by atoms with Crippen LogP contribution >= 0.6 is 0 Å². The van der Waals surface area contributed by atoms with Gasteiger partial charge < -0.3 is 73.3 Å². The van der Waals surface area contributed by atoms with Crippen LogP contribution in [0.4, 0.5) is 0 Å². The topological polar surface area (TPSA) is 242 Å². The van der Waals surface area contributed by atoms with E-state index in [0.717, 1.165) is 18.5 Å². The molecule has 0 radical (unpaired) electrons. The van der Waals surface area contributed by atoms with Gasteiger partial charge in [-0.1, -0.05) is 44.5 Å². The summed E-state index contributed by atoms with van der Waals surface area (Å²) >= 11 is 0. The summed E-state index contributed by atoms with van der Waals surface area (Å²) in [6, 6.07) is -0.985. The summed E-state index contributed by atoms with van der Waals surface area (Å²) in [4.78, 5) is 24.0. The number of carbonyl (C=O) groups excluding carboxylic acids is 1. The number of aromatic nitrogens is 3. The zero-order chi connectivity index (χ0) is 51.2. The van der Waals surface area contributed by atoms with Gasteiger partial charge in [0, 0.05) is 57.2 Å². The molecular formula is C49H88N6O14. The van der Waals surface area contributed by atoms with Gasteiger partial charge in [-0.15, -0.1) is 5.10 Å². The van der Waals surface area contributed by atoms with Crippen LogP contribution in [0.5, 0.6) is 0 Å². The number of aliphatic hydroxyl groups is 5. The molecule has 3 saturated heterocycles. The van der Waals surface area contributed by atoms with Crippen molar-refractivity contribution in [3.8, 4) is 0 Å². The quantitative estimate of drug-likeness (QED) is 0.125. The number of methoxy groups -OCH3 is 1. The van der Waals surface area contributed by atoms with Crippen LogP contribution in [0.2, 0.25) is 0 Å². The van der Waals surface area contributed by atoms with Crippen LogP contribution < -0.4 is 0 Å². The lowest BCUT2D eigenvalue weighted by atomic mass is 9.77. The summed E-state index contributed by atoms with van der Waals surface area (Å²) in [6.45, 7) is 21.7. The second-order valence-electron chi connectivity index (χ2n) is 21.5. The fourth-order valence-corrected chi connectivity index (χ4v) is 10.8. The molecule has 0 saturated carbocycles. The number of rotatable bonds is 15. The number of carbonyl (C=O) groups is 1. The minimum atomic E-state index is -1.83. The maximum Gasteiger partial charge on any atom is 0.311 e. The first kappa shape index (κ1) is 57.3. The summed E-state index contributed by atoms with van der Waals surface area (Å²) in [7, 11) is 5.28. The van der Waals surface area contributed by atoms with Gasteiger partial charge >= 0.3 is 5.97 Å². The van der Waals surface area contributed by atoms with E-state index >= 15 is 0 Å². The average molecular weight is 985 g/mol. The normalized spacial score (nSPS) is 42.3. The van der Waals surface area contributed by atoms with Crippen LogP contribution in [0.25, 0.3) is 0 Å². The van der Waals surface area contributed by atoms with Crippen molar-refractivity contribution in [2.75, 3.05) is 40.9 Å². The van der Waals surface area contributed by atoms with Gasteiger partial charge in [0.25, 0.3) is 0 Å². The number of aliphatic hydroxyl groups excluding tert-OH is 3. The highest BCUT2D eigenvalue weighted by atomic mass is 16.7. The monoisotopic (exact) mass is 985 g/mol. The number of esters is 1. The van der Waals surface area contributed by atoms with Crippen LogP contribution in [-0.4, -0.2) is 199 Å². The average Bonchev–Trinajstić information content (AvgIpc) is 3.95. The second kappa shape index (κ2) is 24.4. The molecule has 1 aromatic rings. The van der Waals surface area contributed by atoms with Gasteiger partial charge in [-0.2, -0.15) is 0 Å². The molecule has 0 aliphatic carbocycles. The smallest absolute Gasteiger partial charge is 0.311 e. The molecule has 19 atom stereocenters. The van der Waals surface area contributed by atoms with Gasteiger partial charge in [-0.05, 0) is 94.2 Å². The molecule has 5 rings (SSSR count). The molecule has 20 nitrogen and oxygen atoms in total. The van der Waals surface area contributed by atoms with Crippen LogP contribution in [-0.2, 0) is 55.8 Å². The van der Waals surface area contributed by atoms with Gasteiger partial charge in [-0.25, -0.2) is 4.68 Å². The molecule has 5 heterocycles. The third-order valence-electron chi connectivity index (χ3n) is 15.3. The van der Waals surface area contributed by atoms with Crippen LogP contribution in [0, 0.1) is 17.8 Å². The zero-order valence-corrected chi connectivity index (χ0v) is 43.9. The van der Waals surface area contributed by atoms with Crippen molar-refractivity contribution in [1.82, 2.24) is 24.8 Å². The summed E-state index contributed by atoms with van der Waals surface area (Å²) in [5, 5.41) is 72.4. The van der Waals surface area contributed by atoms with Crippen molar-refractivity contribution in [2.24, 2.45) is 22.9 Å². The molecule has 0 bridgehead atoms. The van der Waals surface area contributed by atoms with Crippen LogP contribution in [0.15, 0.2) is 11.4 Å². The summed E-state index contributed by atoms with van der Waals surface area (Å²) < 4.78 is 45.7. The van der Waals surface area contributed by atoms with E-state index in [2.05, 4.69) is 27.3 Å². The van der Waals surface area contributed by atoms with E-state index in [0.29, 0.717) is 51.4 Å². The van der Waals surface area contributed by atoms with Crippen molar-refractivity contribution in [3.63, 3.8) is 0 Å². The van der Waals surface area contributed by atoms with Gasteiger partial charge in [0.05, 0.1) is 66.8 Å². The van der Waals surface area contributed by atoms with Crippen molar-refractivity contribution in [1.29, 1.82) is 0 Å². The Balaban J connectivity index is 1.41. The third kappa shape index (κ3) is 14.1. The molecule has 4 aliphatic rings. The molecule has 1 aromatic heterocycles. The number of ether oxygens (including phenoxy) is 7. The summed E-state index contributed by atoms with van der Waals surface area (Å²) in [5.41, 5.74) is -3.74. The van der Waals surface area contributed by atoms with Gasteiger partial charge in [0.2, 0.25) is 5.90 Å². The molecule has 398 valence electrons. The van der Waals surface area contributed by atoms with Crippen molar-refractivity contribution in [3.05, 3.63) is 11.9 Å². The fraction of sp³-hybridized carbons (Fsp3) is 0.918. The highest BCUT2D eigenvalue weighted by Crippen LogP contribution is 2.40. The van der Waals surface area contributed by atoms with E-state index < -0.39 is 102 Å². The number of unbranched alkanes of at least 4 members (excludes halogenated alkanes) is 1. The highest BCUT2D eigenvalue weighted by Gasteiger charge is 2.53. The predicted octanol–water partition coefficient (Wildman–Crippen LogP) is 3.02. The van der Waals surface area contributed by atoms with Gasteiger partial charge in [0.1, 0.15) is 30.0 Å². The number of nitrogens with zero attached hydrogens (tertiary/aromatic N) is 6. The molecule has 4 aliphatic heterocycles. The Morgan fingerprint density at radius 1 is 0.986 bits per heavy atom. The SMILES string of the molecule is CCCCOC1=NOC(Cn2cc(CCN(C)[C@H]3C[C@@H](C)O[C@@H](O[C@@H]4[C@@H](C)[C@H](O[C@H]5C[C@@](C)(OC)[C@@H](O)[C@H](C)O5)[C@@H](C)C(=O)O[C@H](CC)[C@@](C)(O)[C@H](O)[C@@H](C)N(C)C[C@H](C)C[C@@]4(C)O)[C@@H]3O)nn2)C1. The number of oxime groups is 1. The number of likely N-dealkylation sites (N-methyl/N-ethyl adjacent to an activating group) is 2. The Morgan fingerprint density at radius 3 is 2.36 bits per heavy atom. The zero-order valence-electron chi connectivity index (χ0n) is 43.9. The number of cyclic esters (lactones) is 1. The Kier molecular flexibility index (Phi) is 20.3. The minimum Gasteiger partial charge on any atom is -0.479 e. The van der Waals surface area contributed by atoms with Crippen molar-refractivity contribution in [2.45, 2.75) is 230 Å². The van der Waals surface area contributed by atoms with Crippen LogP contribution in [0.3, 0.4) is 0 Å².